The summed E-state index contributed by atoms with van der Waals surface area (Å²) in [6.07, 6.45) is 2.75. The van der Waals surface area contributed by atoms with Crippen LogP contribution in [0.15, 0.2) is 0 Å². The summed E-state index contributed by atoms with van der Waals surface area (Å²) in [4.78, 5) is 0. The van der Waals surface area contributed by atoms with Gasteiger partial charge in [0.25, 0.3) is 0 Å². The van der Waals surface area contributed by atoms with Crippen molar-refractivity contribution in [1.29, 1.82) is 0 Å². The van der Waals surface area contributed by atoms with Crippen LogP contribution in [0.25, 0.3) is 0 Å². The Morgan fingerprint density at radius 2 is 1.67 bits per heavy atom. The minimum atomic E-state index is -0.568. The van der Waals surface area contributed by atoms with Gasteiger partial charge < -0.3 is 14.2 Å². The van der Waals surface area contributed by atoms with E-state index in [9.17, 15) is 0 Å². The zero-order valence-electron chi connectivity index (χ0n) is 8.43. The van der Waals surface area contributed by atoms with Gasteiger partial charge in [0.1, 0.15) is 0 Å². The maximum atomic E-state index is 4.61. The maximum absolute atomic E-state index is 4.61. The number of hydrogen-bond acceptors (Lipinski definition) is 3. The summed E-state index contributed by atoms with van der Waals surface area (Å²) >= 11 is 0. The summed E-state index contributed by atoms with van der Waals surface area (Å²) in [6, 6.07) is 0. The van der Waals surface area contributed by atoms with E-state index in [4.69, 9.17) is 0 Å². The molecule has 3 nitrogen and oxygen atoms in total. The molecule has 0 amide bonds. The Morgan fingerprint density at radius 3 is 1.83 bits per heavy atom. The monoisotopic (exact) mass is 191 g/mol. The Bertz CT molecular complexity index is 85.1. The molecule has 1 aliphatic rings. The smallest absolute Gasteiger partial charge is 0.303 e. The fraction of sp³-hybridized carbons (Fsp3) is 1.00. The zero-order chi connectivity index (χ0) is 9.23. The average molecular weight is 191 g/mol. The van der Waals surface area contributed by atoms with Gasteiger partial charge in [-0.05, 0) is 31.8 Å². The molecule has 0 saturated carbocycles. The third kappa shape index (κ3) is 8.20. The van der Waals surface area contributed by atoms with Gasteiger partial charge in [-0.1, -0.05) is 6.92 Å². The number of nitrogens with one attached hydrogen (secondary N) is 1. The van der Waals surface area contributed by atoms with E-state index < -0.39 is 10.0 Å². The van der Waals surface area contributed by atoms with Crippen LogP contribution >= 0.6 is 0 Å². The minimum absolute atomic E-state index is 0.568. The molecule has 1 saturated heterocycles. The molecule has 1 heterocycles. The van der Waals surface area contributed by atoms with E-state index in [1.165, 1.54) is 25.9 Å². The molecule has 0 bridgehead atoms. The van der Waals surface area contributed by atoms with E-state index >= 15 is 0 Å². The van der Waals surface area contributed by atoms with Gasteiger partial charge in [0.2, 0.25) is 0 Å². The van der Waals surface area contributed by atoms with Crippen LogP contribution in [-0.4, -0.2) is 37.3 Å². The van der Waals surface area contributed by atoms with Crippen LogP contribution in [0.5, 0.6) is 0 Å². The highest BCUT2D eigenvalue weighted by Crippen LogP contribution is 2.08. The highest BCUT2D eigenvalue weighted by atomic mass is 28.3. The van der Waals surface area contributed by atoms with Crippen molar-refractivity contribution in [2.45, 2.75) is 19.8 Å². The highest BCUT2D eigenvalue weighted by Gasteiger charge is 2.04. The van der Waals surface area contributed by atoms with Crippen LogP contribution < -0.4 is 5.32 Å². The van der Waals surface area contributed by atoms with Crippen LogP contribution in [0.4, 0.5) is 0 Å². The van der Waals surface area contributed by atoms with Crippen molar-refractivity contribution in [3.05, 3.63) is 0 Å². The molecule has 1 aliphatic heterocycles. The van der Waals surface area contributed by atoms with Crippen molar-refractivity contribution in [3.8, 4) is 0 Å². The van der Waals surface area contributed by atoms with Gasteiger partial charge in [0.15, 0.2) is 0 Å². The molecule has 1 N–H and O–H groups in total. The fourth-order valence-electron chi connectivity index (χ4n) is 1.08. The molecular weight excluding hydrogens is 170 g/mol. The van der Waals surface area contributed by atoms with E-state index in [1.54, 1.807) is 14.2 Å². The Kier molecular flexibility index (Phi) is 9.26. The SMILES string of the molecule is CC1CCNCC1.CO[SiH2]OC. The first kappa shape index (κ1) is 12.1. The van der Waals surface area contributed by atoms with E-state index in [0.29, 0.717) is 0 Å². The van der Waals surface area contributed by atoms with Gasteiger partial charge in [-0.15, -0.1) is 0 Å². The third-order valence-corrected chi connectivity index (χ3v) is 2.33. The number of piperidine rings is 1. The quantitative estimate of drug-likeness (QED) is 0.636. The predicted octanol–water partition coefficient (Wildman–Crippen LogP) is 0.284. The molecule has 0 aliphatic carbocycles. The van der Waals surface area contributed by atoms with Crippen molar-refractivity contribution in [3.63, 3.8) is 0 Å². The van der Waals surface area contributed by atoms with E-state index in [-0.39, 0.29) is 0 Å². The molecule has 0 spiro atoms. The molecule has 0 aromatic heterocycles. The Labute approximate surface area is 77.9 Å². The Balaban J connectivity index is 0.000000217. The van der Waals surface area contributed by atoms with Crippen molar-refractivity contribution in [2.75, 3.05) is 27.3 Å². The zero-order valence-corrected chi connectivity index (χ0v) is 9.84. The van der Waals surface area contributed by atoms with Crippen LogP contribution in [0, 0.1) is 5.92 Å². The van der Waals surface area contributed by atoms with Gasteiger partial charge in [-0.2, -0.15) is 0 Å². The molecule has 4 heteroatoms. The topological polar surface area (TPSA) is 30.5 Å². The molecule has 0 aromatic carbocycles. The normalized spacial score (nSPS) is 18.2. The fourth-order valence-corrected chi connectivity index (χ4v) is 1.32. The lowest BCUT2D eigenvalue weighted by molar-refractivity contribution is 0.309. The molecule has 0 atom stereocenters. The highest BCUT2D eigenvalue weighted by molar-refractivity contribution is 6.17. The van der Waals surface area contributed by atoms with Gasteiger partial charge in [-0.25, -0.2) is 0 Å². The van der Waals surface area contributed by atoms with Crippen molar-refractivity contribution >= 4 is 10.0 Å². The summed E-state index contributed by atoms with van der Waals surface area (Å²) in [5, 5.41) is 3.32. The van der Waals surface area contributed by atoms with Crippen molar-refractivity contribution < 1.29 is 8.85 Å². The largest absolute Gasteiger partial charge is 0.402 e. The van der Waals surface area contributed by atoms with Gasteiger partial charge in [0.05, 0.1) is 0 Å². The molecule has 0 aromatic rings. The molecule has 0 radical (unpaired) electrons. The van der Waals surface area contributed by atoms with Gasteiger partial charge >= 0.3 is 10.0 Å². The molecular formula is C8H21NO2Si. The molecule has 74 valence electrons. The average Bonchev–Trinajstić information content (AvgIpc) is 2.08. The first-order chi connectivity index (χ1) is 5.81. The molecule has 1 fully saturated rings. The van der Waals surface area contributed by atoms with E-state index in [2.05, 4.69) is 21.1 Å². The molecule has 1 rings (SSSR count). The summed E-state index contributed by atoms with van der Waals surface area (Å²) in [7, 11) is 2.73. The lowest BCUT2D eigenvalue weighted by Gasteiger charge is -2.17. The van der Waals surface area contributed by atoms with Gasteiger partial charge in [-0.3, -0.25) is 0 Å². The third-order valence-electron chi connectivity index (χ3n) is 1.86. The number of rotatable bonds is 2. The van der Waals surface area contributed by atoms with Crippen LogP contribution in [0.2, 0.25) is 0 Å². The van der Waals surface area contributed by atoms with E-state index in [1.807, 2.05) is 0 Å². The predicted molar refractivity (Wildman–Crippen MR) is 53.8 cm³/mol. The lowest BCUT2D eigenvalue weighted by Crippen LogP contribution is -2.26. The lowest BCUT2D eigenvalue weighted by atomic mass is 10.0. The van der Waals surface area contributed by atoms with Crippen molar-refractivity contribution in [1.82, 2.24) is 5.32 Å². The summed E-state index contributed by atoms with van der Waals surface area (Å²) < 4.78 is 9.22. The summed E-state index contributed by atoms with van der Waals surface area (Å²) in [5.74, 6) is 0.973. The first-order valence-electron chi connectivity index (χ1n) is 4.49. The molecule has 12 heavy (non-hydrogen) atoms. The Morgan fingerprint density at radius 1 is 1.17 bits per heavy atom. The maximum Gasteiger partial charge on any atom is 0.303 e. The standard InChI is InChI=1S/C6H13N.C2H8O2Si/c1-6-2-4-7-5-3-6;1-3-5-4-2/h6-7H,2-5H2,1H3;5H2,1-2H3. The van der Waals surface area contributed by atoms with Crippen LogP contribution in [-0.2, 0) is 8.85 Å². The van der Waals surface area contributed by atoms with Crippen LogP contribution in [0.3, 0.4) is 0 Å². The summed E-state index contributed by atoms with van der Waals surface area (Å²) in [5.41, 5.74) is 0. The second-order valence-electron chi connectivity index (χ2n) is 3.13. The van der Waals surface area contributed by atoms with Crippen LogP contribution in [0.1, 0.15) is 19.8 Å². The number of hydrogen-bond donors (Lipinski definition) is 1. The Hall–Kier alpha value is 0.0969. The minimum Gasteiger partial charge on any atom is -0.402 e. The second-order valence-corrected chi connectivity index (χ2v) is 4.52. The first-order valence-corrected chi connectivity index (χ1v) is 5.65. The van der Waals surface area contributed by atoms with Gasteiger partial charge in [0, 0.05) is 14.2 Å². The van der Waals surface area contributed by atoms with E-state index in [0.717, 1.165) is 5.92 Å². The van der Waals surface area contributed by atoms with Crippen molar-refractivity contribution in [2.24, 2.45) is 5.92 Å². The summed E-state index contributed by atoms with van der Waals surface area (Å²) in [6.45, 7) is 4.79. The second kappa shape index (κ2) is 9.19. The molecule has 0 unspecified atom stereocenters.